The molecule has 0 aromatic heterocycles. The molecule has 6 heteroatoms. The number of carbonyl (C=O) groups excluding carboxylic acids is 2. The number of anilines is 1. The molecule has 0 radical (unpaired) electrons. The van der Waals surface area contributed by atoms with E-state index in [-0.39, 0.29) is 17.4 Å². The van der Waals surface area contributed by atoms with Gasteiger partial charge in [-0.3, -0.25) is 9.59 Å². The predicted octanol–water partition coefficient (Wildman–Crippen LogP) is 3.74. The number of halogens is 2. The molecule has 1 amide bonds. The third kappa shape index (κ3) is 4.12. The summed E-state index contributed by atoms with van der Waals surface area (Å²) in [5, 5.41) is 2.65. The number of hydrogen-bond acceptors (Lipinski definition) is 3. The van der Waals surface area contributed by atoms with Crippen molar-refractivity contribution in [2.45, 2.75) is 13.5 Å². The highest BCUT2D eigenvalue weighted by Gasteiger charge is 2.08. The highest BCUT2D eigenvalue weighted by Crippen LogP contribution is 2.16. The van der Waals surface area contributed by atoms with Gasteiger partial charge in [0.2, 0.25) is 0 Å². The highest BCUT2D eigenvalue weighted by atomic mass is 19.3. The molecule has 22 heavy (non-hydrogen) atoms. The first kappa shape index (κ1) is 15.6. The predicted molar refractivity (Wildman–Crippen MR) is 77.5 cm³/mol. The molecular weight excluding hydrogens is 292 g/mol. The number of nitrogens with one attached hydrogen (secondary N) is 1. The molecule has 2 aromatic carbocycles. The summed E-state index contributed by atoms with van der Waals surface area (Å²) in [7, 11) is 0. The van der Waals surface area contributed by atoms with Crippen molar-refractivity contribution < 1.29 is 23.1 Å². The number of amides is 1. The van der Waals surface area contributed by atoms with Gasteiger partial charge < -0.3 is 10.1 Å². The summed E-state index contributed by atoms with van der Waals surface area (Å²) < 4.78 is 28.3. The van der Waals surface area contributed by atoms with Crippen molar-refractivity contribution >= 4 is 17.4 Å². The van der Waals surface area contributed by atoms with E-state index in [2.05, 4.69) is 10.1 Å². The van der Waals surface area contributed by atoms with Crippen LogP contribution in [0.3, 0.4) is 0 Å². The lowest BCUT2D eigenvalue weighted by Crippen LogP contribution is -2.12. The summed E-state index contributed by atoms with van der Waals surface area (Å²) in [6.07, 6.45) is 0. The summed E-state index contributed by atoms with van der Waals surface area (Å²) in [5.74, 6) is -0.468. The Morgan fingerprint density at radius 2 is 1.50 bits per heavy atom. The molecule has 0 saturated heterocycles. The van der Waals surface area contributed by atoms with E-state index in [9.17, 15) is 18.4 Å². The Hall–Kier alpha value is -2.76. The third-order valence-electron chi connectivity index (χ3n) is 2.89. The monoisotopic (exact) mass is 305 g/mol. The van der Waals surface area contributed by atoms with Gasteiger partial charge in [0.15, 0.2) is 5.78 Å². The smallest absolute Gasteiger partial charge is 0.387 e. The maximum atomic E-state index is 12.0. The quantitative estimate of drug-likeness (QED) is 0.856. The molecule has 0 unspecified atom stereocenters. The number of ether oxygens (including phenoxy) is 1. The number of alkyl halides is 2. The lowest BCUT2D eigenvalue weighted by atomic mass is 10.1. The maximum absolute atomic E-state index is 12.0. The van der Waals surface area contributed by atoms with Crippen LogP contribution in [0.15, 0.2) is 48.5 Å². The molecule has 4 nitrogen and oxygen atoms in total. The van der Waals surface area contributed by atoms with E-state index in [4.69, 9.17) is 0 Å². The van der Waals surface area contributed by atoms with Gasteiger partial charge in [0.1, 0.15) is 5.75 Å². The fourth-order valence-corrected chi connectivity index (χ4v) is 1.78. The maximum Gasteiger partial charge on any atom is 0.387 e. The molecule has 0 saturated carbocycles. The Morgan fingerprint density at radius 3 is 2.00 bits per heavy atom. The molecule has 0 aliphatic heterocycles. The number of carbonyl (C=O) groups is 2. The van der Waals surface area contributed by atoms with Gasteiger partial charge in [-0.15, -0.1) is 0 Å². The topological polar surface area (TPSA) is 55.4 Å². The Labute approximate surface area is 125 Å². The van der Waals surface area contributed by atoms with E-state index in [1.54, 1.807) is 24.3 Å². The van der Waals surface area contributed by atoms with E-state index >= 15 is 0 Å². The van der Waals surface area contributed by atoms with Crippen LogP contribution in [-0.2, 0) is 0 Å². The van der Waals surface area contributed by atoms with Gasteiger partial charge in [-0.25, -0.2) is 0 Å². The van der Waals surface area contributed by atoms with Crippen molar-refractivity contribution in [2.24, 2.45) is 0 Å². The first-order chi connectivity index (χ1) is 10.5. The molecule has 0 heterocycles. The van der Waals surface area contributed by atoms with Crippen molar-refractivity contribution in [1.82, 2.24) is 0 Å². The fourth-order valence-electron chi connectivity index (χ4n) is 1.78. The van der Waals surface area contributed by atoms with Gasteiger partial charge in [0.05, 0.1) is 0 Å². The minimum absolute atomic E-state index is 0.0163. The summed E-state index contributed by atoms with van der Waals surface area (Å²) in [6.45, 7) is -1.45. The van der Waals surface area contributed by atoms with Crippen molar-refractivity contribution in [3.8, 4) is 5.75 Å². The molecule has 2 aromatic rings. The first-order valence-electron chi connectivity index (χ1n) is 6.43. The SMILES string of the molecule is CC(=O)c1ccc(NC(=O)c2ccc(OC(F)F)cc2)cc1. The Morgan fingerprint density at radius 1 is 0.955 bits per heavy atom. The standard InChI is InChI=1S/C16H13F2NO3/c1-10(20)11-2-6-13(7-3-11)19-15(21)12-4-8-14(9-5-12)22-16(17)18/h2-9,16H,1H3,(H,19,21). The molecule has 0 spiro atoms. The van der Waals surface area contributed by atoms with Crippen LogP contribution in [0.4, 0.5) is 14.5 Å². The average molecular weight is 305 g/mol. The van der Waals surface area contributed by atoms with Gasteiger partial charge in [0.25, 0.3) is 5.91 Å². The molecule has 0 aliphatic rings. The number of Topliss-reactive ketones (excluding diaryl/α,β-unsaturated/α-hetero) is 1. The van der Waals surface area contributed by atoms with Crippen molar-refractivity contribution in [2.75, 3.05) is 5.32 Å². The van der Waals surface area contributed by atoms with Gasteiger partial charge in [0, 0.05) is 16.8 Å². The molecule has 2 rings (SSSR count). The highest BCUT2D eigenvalue weighted by molar-refractivity contribution is 6.04. The Kier molecular flexibility index (Phi) is 4.83. The second-order valence-corrected chi connectivity index (χ2v) is 4.49. The van der Waals surface area contributed by atoms with Gasteiger partial charge in [-0.05, 0) is 55.5 Å². The molecule has 0 aliphatic carbocycles. The summed E-state index contributed by atoms with van der Waals surface area (Å²) >= 11 is 0. The second-order valence-electron chi connectivity index (χ2n) is 4.49. The number of rotatable bonds is 5. The summed E-state index contributed by atoms with van der Waals surface area (Å²) in [5.41, 5.74) is 1.38. The lowest BCUT2D eigenvalue weighted by molar-refractivity contribution is -0.0498. The summed E-state index contributed by atoms with van der Waals surface area (Å²) in [6, 6.07) is 11.8. The van der Waals surface area contributed by atoms with E-state index in [0.717, 1.165) is 0 Å². The molecular formula is C16H13F2NO3. The lowest BCUT2D eigenvalue weighted by Gasteiger charge is -2.07. The second kappa shape index (κ2) is 6.80. The molecule has 1 N–H and O–H groups in total. The van der Waals surface area contributed by atoms with E-state index in [0.29, 0.717) is 16.8 Å². The van der Waals surface area contributed by atoms with Gasteiger partial charge >= 0.3 is 6.61 Å². The van der Waals surface area contributed by atoms with E-state index < -0.39 is 6.61 Å². The number of hydrogen-bond donors (Lipinski definition) is 1. The van der Waals surface area contributed by atoms with Crippen LogP contribution in [0.25, 0.3) is 0 Å². The van der Waals surface area contributed by atoms with Crippen molar-refractivity contribution in [3.05, 3.63) is 59.7 Å². The molecule has 0 atom stereocenters. The zero-order valence-electron chi connectivity index (χ0n) is 11.7. The van der Waals surface area contributed by atoms with Gasteiger partial charge in [-0.1, -0.05) is 0 Å². The zero-order chi connectivity index (χ0) is 16.1. The van der Waals surface area contributed by atoms with Crippen LogP contribution in [0, 0.1) is 0 Å². The Bertz CT molecular complexity index is 667. The number of benzene rings is 2. The third-order valence-corrected chi connectivity index (χ3v) is 2.89. The average Bonchev–Trinajstić information content (AvgIpc) is 2.48. The number of ketones is 1. The first-order valence-corrected chi connectivity index (χ1v) is 6.43. The minimum atomic E-state index is -2.90. The summed E-state index contributed by atoms with van der Waals surface area (Å²) in [4.78, 5) is 23.2. The van der Waals surface area contributed by atoms with Crippen molar-refractivity contribution in [3.63, 3.8) is 0 Å². The largest absolute Gasteiger partial charge is 0.435 e. The molecule has 0 bridgehead atoms. The van der Waals surface area contributed by atoms with E-state index in [1.807, 2.05) is 0 Å². The minimum Gasteiger partial charge on any atom is -0.435 e. The molecule has 0 fully saturated rings. The Balaban J connectivity index is 2.03. The van der Waals surface area contributed by atoms with Crippen LogP contribution < -0.4 is 10.1 Å². The van der Waals surface area contributed by atoms with Gasteiger partial charge in [-0.2, -0.15) is 8.78 Å². The van der Waals surface area contributed by atoms with Crippen LogP contribution >= 0.6 is 0 Å². The fraction of sp³-hybridized carbons (Fsp3) is 0.125. The van der Waals surface area contributed by atoms with Crippen LogP contribution in [0.2, 0.25) is 0 Å². The van der Waals surface area contributed by atoms with Crippen molar-refractivity contribution in [1.29, 1.82) is 0 Å². The van der Waals surface area contributed by atoms with Crippen LogP contribution in [-0.4, -0.2) is 18.3 Å². The van der Waals surface area contributed by atoms with E-state index in [1.165, 1.54) is 31.2 Å². The molecule has 114 valence electrons. The normalized spacial score (nSPS) is 10.4. The zero-order valence-corrected chi connectivity index (χ0v) is 11.7. The van der Waals surface area contributed by atoms with Crippen LogP contribution in [0.1, 0.15) is 27.6 Å². The van der Waals surface area contributed by atoms with Crippen LogP contribution in [0.5, 0.6) is 5.75 Å².